The van der Waals surface area contributed by atoms with E-state index in [1.165, 1.54) is 0 Å². The van der Waals surface area contributed by atoms with Gasteiger partial charge in [0.2, 0.25) is 0 Å². The van der Waals surface area contributed by atoms with Crippen LogP contribution in [0.2, 0.25) is 0 Å². The minimum atomic E-state index is -0.972. The van der Waals surface area contributed by atoms with Gasteiger partial charge in [0.1, 0.15) is 6.04 Å². The van der Waals surface area contributed by atoms with Crippen molar-refractivity contribution >= 4 is 12.0 Å². The van der Waals surface area contributed by atoms with Crippen molar-refractivity contribution < 1.29 is 14.7 Å². The molecule has 3 unspecified atom stereocenters. The molecule has 1 fully saturated rings. The molecular weight excluding hydrogens is 256 g/mol. The monoisotopic (exact) mass is 284 g/mol. The Morgan fingerprint density at radius 2 is 1.95 bits per heavy atom. The first kappa shape index (κ1) is 16.8. The smallest absolute Gasteiger partial charge is 0.326 e. The molecule has 116 valence electrons. The first-order valence-corrected chi connectivity index (χ1v) is 7.64. The molecule has 5 atom stereocenters. The summed E-state index contributed by atoms with van der Waals surface area (Å²) < 4.78 is 0. The summed E-state index contributed by atoms with van der Waals surface area (Å²) in [6.07, 6.45) is 3.91. The number of rotatable bonds is 5. The molecule has 5 heteroatoms. The Bertz CT molecular complexity index is 346. The number of amides is 2. The number of nitrogens with one attached hydrogen (secondary N) is 2. The van der Waals surface area contributed by atoms with E-state index >= 15 is 0 Å². The maximum absolute atomic E-state index is 12.0. The molecule has 0 saturated heterocycles. The van der Waals surface area contributed by atoms with E-state index in [0.717, 1.165) is 19.3 Å². The van der Waals surface area contributed by atoms with E-state index in [-0.39, 0.29) is 18.0 Å². The zero-order valence-corrected chi connectivity index (χ0v) is 13.0. The minimum Gasteiger partial charge on any atom is -0.480 e. The average Bonchev–Trinajstić information content (AvgIpc) is 2.38. The number of carbonyl (C=O) groups is 2. The number of carboxylic acids is 1. The Kier molecular flexibility index (Phi) is 6.30. The van der Waals surface area contributed by atoms with Gasteiger partial charge in [-0.05, 0) is 37.0 Å². The first-order chi connectivity index (χ1) is 9.35. The van der Waals surface area contributed by atoms with E-state index in [0.29, 0.717) is 18.3 Å². The van der Waals surface area contributed by atoms with Crippen molar-refractivity contribution in [1.29, 1.82) is 0 Å². The highest BCUT2D eigenvalue weighted by molar-refractivity contribution is 5.82. The molecule has 1 saturated carbocycles. The van der Waals surface area contributed by atoms with Gasteiger partial charge in [0, 0.05) is 6.04 Å². The Hall–Kier alpha value is -1.26. The van der Waals surface area contributed by atoms with Crippen LogP contribution in [0.1, 0.15) is 53.4 Å². The molecule has 1 aliphatic rings. The fraction of sp³-hybridized carbons (Fsp3) is 0.867. The number of urea groups is 1. The van der Waals surface area contributed by atoms with Crippen LogP contribution in [0.25, 0.3) is 0 Å². The molecule has 0 aliphatic heterocycles. The molecule has 2 amide bonds. The SMILES string of the molecule is CC[C@H](C)[C@H](NC(=O)NC1CCC(C)CC1C)C(=O)O. The lowest BCUT2D eigenvalue weighted by Gasteiger charge is -2.33. The Labute approximate surface area is 121 Å². The van der Waals surface area contributed by atoms with Crippen molar-refractivity contribution in [1.82, 2.24) is 10.6 Å². The first-order valence-electron chi connectivity index (χ1n) is 7.64. The van der Waals surface area contributed by atoms with Crippen LogP contribution in [0.3, 0.4) is 0 Å². The highest BCUT2D eigenvalue weighted by atomic mass is 16.4. The van der Waals surface area contributed by atoms with Gasteiger partial charge in [-0.25, -0.2) is 9.59 Å². The summed E-state index contributed by atoms with van der Waals surface area (Å²) in [6, 6.07) is -1.03. The van der Waals surface area contributed by atoms with Crippen LogP contribution in [0.5, 0.6) is 0 Å². The topological polar surface area (TPSA) is 78.4 Å². The van der Waals surface area contributed by atoms with E-state index in [1.54, 1.807) is 0 Å². The van der Waals surface area contributed by atoms with Gasteiger partial charge in [-0.3, -0.25) is 0 Å². The van der Waals surface area contributed by atoms with E-state index in [9.17, 15) is 14.7 Å². The Balaban J connectivity index is 2.51. The largest absolute Gasteiger partial charge is 0.480 e. The van der Waals surface area contributed by atoms with Crippen LogP contribution in [0, 0.1) is 17.8 Å². The summed E-state index contributed by atoms with van der Waals surface area (Å²) in [5.41, 5.74) is 0. The summed E-state index contributed by atoms with van der Waals surface area (Å²) in [4.78, 5) is 23.2. The highest BCUT2D eigenvalue weighted by Crippen LogP contribution is 2.28. The third kappa shape index (κ3) is 4.69. The molecule has 0 heterocycles. The summed E-state index contributed by atoms with van der Waals surface area (Å²) >= 11 is 0. The normalized spacial score (nSPS) is 29.3. The van der Waals surface area contributed by atoms with Gasteiger partial charge in [0.05, 0.1) is 0 Å². The van der Waals surface area contributed by atoms with E-state index in [2.05, 4.69) is 24.5 Å². The van der Waals surface area contributed by atoms with E-state index in [4.69, 9.17) is 0 Å². The maximum Gasteiger partial charge on any atom is 0.326 e. The third-order valence-corrected chi connectivity index (χ3v) is 4.51. The fourth-order valence-electron chi connectivity index (χ4n) is 2.91. The molecule has 0 aromatic carbocycles. The third-order valence-electron chi connectivity index (χ3n) is 4.51. The van der Waals surface area contributed by atoms with Crippen LogP contribution in [0.4, 0.5) is 4.79 Å². The average molecular weight is 284 g/mol. The number of hydrogen-bond donors (Lipinski definition) is 3. The van der Waals surface area contributed by atoms with Gasteiger partial charge < -0.3 is 15.7 Å². The lowest BCUT2D eigenvalue weighted by Crippen LogP contribution is -2.53. The molecule has 1 rings (SSSR count). The lowest BCUT2D eigenvalue weighted by atomic mass is 9.80. The number of hydrogen-bond acceptors (Lipinski definition) is 2. The molecule has 3 N–H and O–H groups in total. The van der Waals surface area contributed by atoms with Gasteiger partial charge in [0.15, 0.2) is 0 Å². The van der Waals surface area contributed by atoms with Gasteiger partial charge in [0.25, 0.3) is 0 Å². The Morgan fingerprint density at radius 1 is 1.30 bits per heavy atom. The van der Waals surface area contributed by atoms with E-state index < -0.39 is 12.0 Å². The fourth-order valence-corrected chi connectivity index (χ4v) is 2.91. The van der Waals surface area contributed by atoms with Crippen LogP contribution in [0.15, 0.2) is 0 Å². The van der Waals surface area contributed by atoms with Crippen LogP contribution in [-0.2, 0) is 4.79 Å². The predicted octanol–water partition coefficient (Wildman–Crippen LogP) is 2.61. The summed E-state index contributed by atoms with van der Waals surface area (Å²) in [6.45, 7) is 8.13. The quantitative estimate of drug-likeness (QED) is 0.726. The summed E-state index contributed by atoms with van der Waals surface area (Å²) in [7, 11) is 0. The van der Waals surface area contributed by atoms with Crippen molar-refractivity contribution in [3.8, 4) is 0 Å². The maximum atomic E-state index is 12.0. The second kappa shape index (κ2) is 7.50. The van der Waals surface area contributed by atoms with Gasteiger partial charge in [-0.2, -0.15) is 0 Å². The van der Waals surface area contributed by atoms with Crippen LogP contribution in [-0.4, -0.2) is 29.2 Å². The van der Waals surface area contributed by atoms with E-state index in [1.807, 2.05) is 13.8 Å². The molecule has 0 aromatic heterocycles. The van der Waals surface area contributed by atoms with Crippen molar-refractivity contribution in [2.45, 2.75) is 65.5 Å². The van der Waals surface area contributed by atoms with Crippen LogP contribution >= 0.6 is 0 Å². The number of aliphatic carboxylic acids is 1. The minimum absolute atomic E-state index is 0.0814. The Morgan fingerprint density at radius 3 is 2.45 bits per heavy atom. The van der Waals surface area contributed by atoms with Crippen molar-refractivity contribution in [3.05, 3.63) is 0 Å². The molecular formula is C15H28N2O3. The van der Waals surface area contributed by atoms with Crippen LogP contribution < -0.4 is 10.6 Å². The van der Waals surface area contributed by atoms with Crippen molar-refractivity contribution in [2.75, 3.05) is 0 Å². The number of carboxylic acid groups (broad SMARTS) is 1. The van der Waals surface area contributed by atoms with Gasteiger partial charge in [-0.1, -0.05) is 34.1 Å². The molecule has 0 radical (unpaired) electrons. The summed E-state index contributed by atoms with van der Waals surface area (Å²) in [5, 5.41) is 14.7. The predicted molar refractivity (Wildman–Crippen MR) is 78.5 cm³/mol. The molecule has 5 nitrogen and oxygen atoms in total. The number of carbonyl (C=O) groups excluding carboxylic acids is 1. The van der Waals surface area contributed by atoms with Gasteiger partial charge >= 0.3 is 12.0 Å². The standard InChI is InChI=1S/C15H28N2O3/c1-5-10(3)13(14(18)19)17-15(20)16-12-7-6-9(2)8-11(12)4/h9-13H,5-8H2,1-4H3,(H,18,19)(H2,16,17,20)/t9?,10-,11?,12?,13-/m0/s1. The second-order valence-electron chi connectivity index (χ2n) is 6.32. The highest BCUT2D eigenvalue weighted by Gasteiger charge is 2.29. The molecule has 0 aromatic rings. The lowest BCUT2D eigenvalue weighted by molar-refractivity contribution is -0.140. The summed E-state index contributed by atoms with van der Waals surface area (Å²) in [5.74, 6) is 0.0937. The second-order valence-corrected chi connectivity index (χ2v) is 6.32. The van der Waals surface area contributed by atoms with Crippen molar-refractivity contribution in [2.24, 2.45) is 17.8 Å². The van der Waals surface area contributed by atoms with Crippen molar-refractivity contribution in [3.63, 3.8) is 0 Å². The van der Waals surface area contributed by atoms with Gasteiger partial charge in [-0.15, -0.1) is 0 Å². The zero-order valence-electron chi connectivity index (χ0n) is 13.0. The molecule has 1 aliphatic carbocycles. The molecule has 0 spiro atoms. The zero-order chi connectivity index (χ0) is 15.3. The molecule has 20 heavy (non-hydrogen) atoms. The molecule has 0 bridgehead atoms.